The van der Waals surface area contributed by atoms with Crippen LogP contribution >= 0.6 is 0 Å². The third-order valence-electron chi connectivity index (χ3n) is 4.61. The predicted octanol–water partition coefficient (Wildman–Crippen LogP) is 5.09. The van der Waals surface area contributed by atoms with Gasteiger partial charge >= 0.3 is 0 Å². The van der Waals surface area contributed by atoms with Gasteiger partial charge in [0.1, 0.15) is 0 Å². The lowest BCUT2D eigenvalue weighted by Crippen LogP contribution is -2.01. The van der Waals surface area contributed by atoms with Crippen LogP contribution in [0.15, 0.2) is 53.5 Å². The van der Waals surface area contributed by atoms with Crippen molar-refractivity contribution in [3.8, 4) is 12.3 Å². The van der Waals surface area contributed by atoms with E-state index in [9.17, 15) is 0 Å². The van der Waals surface area contributed by atoms with E-state index < -0.39 is 0 Å². The maximum absolute atomic E-state index is 5.37. The first kappa shape index (κ1) is 17.0. The molecule has 0 fully saturated rings. The molecule has 0 bridgehead atoms. The Morgan fingerprint density at radius 3 is 2.96 bits per heavy atom. The van der Waals surface area contributed by atoms with Crippen molar-refractivity contribution in [2.75, 3.05) is 12.4 Å². The Morgan fingerprint density at radius 2 is 2.12 bits per heavy atom. The molecular formula is C23H24N2. The van der Waals surface area contributed by atoms with Crippen LogP contribution in [0.1, 0.15) is 35.1 Å². The highest BCUT2D eigenvalue weighted by atomic mass is 14.8. The molecule has 1 N–H and O–H groups in total. The summed E-state index contributed by atoms with van der Waals surface area (Å²) < 4.78 is 0. The summed E-state index contributed by atoms with van der Waals surface area (Å²) in [6, 6.07) is 13.1. The molecule has 1 heterocycles. The van der Waals surface area contributed by atoms with Crippen molar-refractivity contribution >= 4 is 17.6 Å². The van der Waals surface area contributed by atoms with Gasteiger partial charge in [0.2, 0.25) is 0 Å². The molecule has 2 nitrogen and oxygen atoms in total. The molecule has 0 aliphatic carbocycles. The lowest BCUT2D eigenvalue weighted by atomic mass is 9.94. The van der Waals surface area contributed by atoms with Crippen molar-refractivity contribution in [1.82, 2.24) is 0 Å². The molecule has 0 amide bonds. The molecule has 25 heavy (non-hydrogen) atoms. The van der Waals surface area contributed by atoms with E-state index in [1.807, 2.05) is 19.3 Å². The highest BCUT2D eigenvalue weighted by molar-refractivity contribution is 5.77. The molecule has 2 aromatic rings. The lowest BCUT2D eigenvalue weighted by Gasteiger charge is -2.15. The zero-order valence-electron chi connectivity index (χ0n) is 14.8. The highest BCUT2D eigenvalue weighted by Gasteiger charge is 2.11. The maximum Gasteiger partial charge on any atom is 0.0667 e. The van der Waals surface area contributed by atoms with E-state index in [1.54, 1.807) is 0 Å². The summed E-state index contributed by atoms with van der Waals surface area (Å²) in [6.07, 6.45) is 16.2. The van der Waals surface area contributed by atoms with Crippen LogP contribution in [0.4, 0.5) is 11.4 Å². The first-order valence-corrected chi connectivity index (χ1v) is 8.85. The molecule has 1 aliphatic heterocycles. The summed E-state index contributed by atoms with van der Waals surface area (Å²) in [5.74, 6) is 2.72. The summed E-state index contributed by atoms with van der Waals surface area (Å²) >= 11 is 0. The summed E-state index contributed by atoms with van der Waals surface area (Å²) in [7, 11) is 1.98. The fourth-order valence-corrected chi connectivity index (χ4v) is 3.31. The second-order valence-corrected chi connectivity index (χ2v) is 6.30. The van der Waals surface area contributed by atoms with Gasteiger partial charge in [0.05, 0.1) is 5.69 Å². The molecule has 2 heteroatoms. The van der Waals surface area contributed by atoms with Crippen molar-refractivity contribution in [1.29, 1.82) is 0 Å². The van der Waals surface area contributed by atoms with Crippen LogP contribution in [-0.2, 0) is 19.3 Å². The van der Waals surface area contributed by atoms with E-state index in [4.69, 9.17) is 6.42 Å². The number of aliphatic imine (C=N–C) groups is 1. The Labute approximate surface area is 150 Å². The van der Waals surface area contributed by atoms with Gasteiger partial charge in [-0.15, -0.1) is 12.3 Å². The molecule has 0 radical (unpaired) electrons. The monoisotopic (exact) mass is 328 g/mol. The average Bonchev–Trinajstić information content (AvgIpc) is 2.88. The second-order valence-electron chi connectivity index (χ2n) is 6.30. The van der Waals surface area contributed by atoms with E-state index in [2.05, 4.69) is 58.7 Å². The van der Waals surface area contributed by atoms with Crippen molar-refractivity contribution in [2.45, 2.75) is 32.1 Å². The highest BCUT2D eigenvalue weighted by Crippen LogP contribution is 2.29. The number of hydrogen-bond acceptors (Lipinski definition) is 2. The predicted molar refractivity (Wildman–Crippen MR) is 108 cm³/mol. The Kier molecular flexibility index (Phi) is 5.69. The first-order chi connectivity index (χ1) is 12.3. The number of terminal acetylenes is 1. The average molecular weight is 328 g/mol. The molecule has 3 rings (SSSR count). The molecule has 1 aliphatic rings. The Morgan fingerprint density at radius 1 is 1.20 bits per heavy atom. The van der Waals surface area contributed by atoms with E-state index in [0.717, 1.165) is 37.8 Å². The smallest absolute Gasteiger partial charge is 0.0667 e. The van der Waals surface area contributed by atoms with Crippen molar-refractivity contribution < 1.29 is 0 Å². The van der Waals surface area contributed by atoms with Crippen molar-refractivity contribution in [3.05, 3.63) is 70.8 Å². The summed E-state index contributed by atoms with van der Waals surface area (Å²) in [6.45, 7) is 0. The van der Waals surface area contributed by atoms with Gasteiger partial charge in [0.25, 0.3) is 0 Å². The third kappa shape index (κ3) is 4.19. The van der Waals surface area contributed by atoms with Gasteiger partial charge in [0, 0.05) is 25.4 Å². The number of benzene rings is 2. The minimum atomic E-state index is 0.833. The number of unbranched alkanes of at least 4 members (excludes halogenated alkanes) is 1. The summed E-state index contributed by atoms with van der Waals surface area (Å²) in [5.41, 5.74) is 7.62. The molecule has 0 atom stereocenters. The van der Waals surface area contributed by atoms with E-state index in [1.165, 1.54) is 27.9 Å². The molecule has 2 aromatic carbocycles. The number of hydrogen-bond donors (Lipinski definition) is 1. The van der Waals surface area contributed by atoms with E-state index in [-0.39, 0.29) is 0 Å². The van der Waals surface area contributed by atoms with Crippen LogP contribution in [-0.4, -0.2) is 13.3 Å². The zero-order valence-corrected chi connectivity index (χ0v) is 14.8. The number of nitrogens with zero attached hydrogens (tertiary/aromatic N) is 1. The minimum Gasteiger partial charge on any atom is -0.388 e. The van der Waals surface area contributed by atoms with Gasteiger partial charge in [-0.2, -0.15) is 0 Å². The van der Waals surface area contributed by atoms with Crippen LogP contribution < -0.4 is 5.32 Å². The SMILES string of the molecule is C#CCCCc1ccc(NC)c(Cc2cccc3c2CC=CC=N3)c1. The second kappa shape index (κ2) is 8.35. The fourth-order valence-electron chi connectivity index (χ4n) is 3.31. The lowest BCUT2D eigenvalue weighted by molar-refractivity contribution is 0.856. The van der Waals surface area contributed by atoms with Crippen LogP contribution in [0, 0.1) is 12.3 Å². The minimum absolute atomic E-state index is 0.833. The standard InChI is InChI=1S/C23H24N2/c1-3-4-5-9-18-13-14-22(24-2)20(16-18)17-19-10-8-12-23-21(19)11-6-7-15-25-23/h1,6-8,10,12-16,24H,4-5,9,11,17H2,2H3. The number of nitrogens with one attached hydrogen (secondary N) is 1. The van der Waals surface area contributed by atoms with Crippen LogP contribution in [0.5, 0.6) is 0 Å². The van der Waals surface area contributed by atoms with E-state index >= 15 is 0 Å². The fraction of sp³-hybridized carbons (Fsp3) is 0.261. The zero-order chi connectivity index (χ0) is 17.5. The maximum atomic E-state index is 5.37. The van der Waals surface area contributed by atoms with Crippen molar-refractivity contribution in [3.63, 3.8) is 0 Å². The summed E-state index contributed by atoms with van der Waals surface area (Å²) in [4.78, 5) is 4.55. The Bertz CT molecular complexity index is 838. The van der Waals surface area contributed by atoms with Gasteiger partial charge in [-0.1, -0.05) is 30.3 Å². The molecular weight excluding hydrogens is 304 g/mol. The van der Waals surface area contributed by atoms with E-state index in [0.29, 0.717) is 0 Å². The van der Waals surface area contributed by atoms with Crippen molar-refractivity contribution in [2.24, 2.45) is 4.99 Å². The normalized spacial score (nSPS) is 12.3. The number of rotatable bonds is 6. The van der Waals surface area contributed by atoms with Gasteiger partial charge in [-0.05, 0) is 66.1 Å². The Balaban J connectivity index is 1.90. The third-order valence-corrected chi connectivity index (χ3v) is 4.61. The van der Waals surface area contributed by atoms with Gasteiger partial charge in [0.15, 0.2) is 0 Å². The van der Waals surface area contributed by atoms with Crippen LogP contribution in [0.25, 0.3) is 0 Å². The van der Waals surface area contributed by atoms with Crippen LogP contribution in [0.3, 0.4) is 0 Å². The molecule has 0 aromatic heterocycles. The molecule has 0 saturated carbocycles. The number of fused-ring (bicyclic) bond motifs is 1. The Hall–Kier alpha value is -2.79. The molecule has 126 valence electrons. The molecule has 0 spiro atoms. The molecule has 0 unspecified atom stereocenters. The topological polar surface area (TPSA) is 24.4 Å². The van der Waals surface area contributed by atoms with Gasteiger partial charge < -0.3 is 5.32 Å². The summed E-state index contributed by atoms with van der Waals surface area (Å²) in [5, 5.41) is 3.33. The largest absolute Gasteiger partial charge is 0.388 e. The number of allylic oxidation sites excluding steroid dienone is 2. The quantitative estimate of drug-likeness (QED) is 0.580. The van der Waals surface area contributed by atoms with Gasteiger partial charge in [-0.3, -0.25) is 4.99 Å². The van der Waals surface area contributed by atoms with Gasteiger partial charge in [-0.25, -0.2) is 0 Å². The number of aryl methyl sites for hydroxylation is 1. The first-order valence-electron chi connectivity index (χ1n) is 8.85. The number of anilines is 1. The molecule has 0 saturated heterocycles. The van der Waals surface area contributed by atoms with Crippen LogP contribution in [0.2, 0.25) is 0 Å².